The number of hydrogen-bond acceptors (Lipinski definition) is 2. The van der Waals surface area contributed by atoms with Gasteiger partial charge in [0, 0.05) is 16.7 Å². The van der Waals surface area contributed by atoms with E-state index < -0.39 is 8.07 Å². The Morgan fingerprint density at radius 2 is 1.23 bits per heavy atom. The molecule has 47 heavy (non-hydrogen) atoms. The first-order chi connectivity index (χ1) is 22.7. The van der Waals surface area contributed by atoms with Crippen LogP contribution in [0.5, 0.6) is 0 Å². The Morgan fingerprint density at radius 1 is 0.660 bits per heavy atom. The fraction of sp³-hybridized carbons (Fsp3) is 0.341. The average Bonchev–Trinajstić information content (AvgIpc) is 3.05. The van der Waals surface area contributed by atoms with Crippen LogP contribution in [0, 0.1) is 37.2 Å². The molecule has 3 heteroatoms. The first-order valence-corrected chi connectivity index (χ1v) is 20.9. The standard InChI is InChI=1S/C44H48O2Si/c1-7-8-9-10-11-12-13-14-27-46-44(45)37-21-17-20-34(29-37)24-25-35-30-38-31-36(26-28-47(4,5)6)40-23-16-19-33(3)42(40)43(38)41-32(2)18-15-22-39(35)41/h15-23,29-31H,7-14,27H2,1-6H3. The number of carbonyl (C=O) groups excluding carboxylic acids is 1. The molecule has 0 N–H and O–H groups in total. The van der Waals surface area contributed by atoms with E-state index in [1.165, 1.54) is 71.2 Å². The van der Waals surface area contributed by atoms with Gasteiger partial charge in [-0.15, -0.1) is 5.54 Å². The fourth-order valence-electron chi connectivity index (χ4n) is 6.32. The Kier molecular flexibility index (Phi) is 11.2. The van der Waals surface area contributed by atoms with Crippen molar-refractivity contribution in [3.05, 3.63) is 106 Å². The number of benzene rings is 5. The van der Waals surface area contributed by atoms with Gasteiger partial charge in [0.1, 0.15) is 8.07 Å². The molecule has 0 amide bonds. The van der Waals surface area contributed by atoms with E-state index in [-0.39, 0.29) is 5.97 Å². The van der Waals surface area contributed by atoms with Gasteiger partial charge in [-0.05, 0) is 94.0 Å². The van der Waals surface area contributed by atoms with E-state index >= 15 is 0 Å². The van der Waals surface area contributed by atoms with Crippen LogP contribution in [0.1, 0.15) is 96.5 Å². The topological polar surface area (TPSA) is 26.3 Å². The number of rotatable bonds is 10. The van der Waals surface area contributed by atoms with Gasteiger partial charge in [-0.1, -0.05) is 132 Å². The summed E-state index contributed by atoms with van der Waals surface area (Å²) in [5.74, 6) is 10.1. The molecule has 0 heterocycles. The fourth-order valence-corrected chi connectivity index (χ4v) is 6.83. The van der Waals surface area contributed by atoms with Crippen molar-refractivity contribution in [2.45, 2.75) is 91.8 Å². The van der Waals surface area contributed by atoms with Crippen LogP contribution in [0.15, 0.2) is 72.8 Å². The van der Waals surface area contributed by atoms with Gasteiger partial charge in [0.25, 0.3) is 0 Å². The van der Waals surface area contributed by atoms with Crippen LogP contribution in [-0.4, -0.2) is 20.7 Å². The maximum absolute atomic E-state index is 12.8. The number of aryl methyl sites for hydroxylation is 2. The highest BCUT2D eigenvalue weighted by Gasteiger charge is 2.15. The highest BCUT2D eigenvalue weighted by Crippen LogP contribution is 2.38. The Bertz CT molecular complexity index is 2040. The van der Waals surface area contributed by atoms with Crippen LogP contribution < -0.4 is 0 Å². The lowest BCUT2D eigenvalue weighted by molar-refractivity contribution is 0.0497. The molecule has 2 nitrogen and oxygen atoms in total. The molecule has 0 aliphatic carbocycles. The predicted octanol–water partition coefficient (Wildman–Crippen LogP) is 11.7. The van der Waals surface area contributed by atoms with E-state index in [1.807, 2.05) is 24.3 Å². The summed E-state index contributed by atoms with van der Waals surface area (Å²) in [5.41, 5.74) is 9.45. The third kappa shape index (κ3) is 8.54. The maximum atomic E-state index is 12.8. The molecule has 0 saturated carbocycles. The Morgan fingerprint density at radius 3 is 1.85 bits per heavy atom. The van der Waals surface area contributed by atoms with Gasteiger partial charge in [0.05, 0.1) is 12.2 Å². The molecule has 0 aliphatic rings. The van der Waals surface area contributed by atoms with Crippen molar-refractivity contribution < 1.29 is 9.53 Å². The molecule has 240 valence electrons. The van der Waals surface area contributed by atoms with Crippen LogP contribution in [-0.2, 0) is 4.74 Å². The normalized spacial score (nSPS) is 11.3. The second kappa shape index (κ2) is 15.5. The summed E-state index contributed by atoms with van der Waals surface area (Å²) in [7, 11) is -1.57. The summed E-state index contributed by atoms with van der Waals surface area (Å²) < 4.78 is 5.61. The van der Waals surface area contributed by atoms with Crippen LogP contribution in [0.2, 0.25) is 19.6 Å². The van der Waals surface area contributed by atoms with E-state index in [0.717, 1.165) is 40.3 Å². The first kappa shape index (κ1) is 34.0. The van der Waals surface area contributed by atoms with E-state index in [0.29, 0.717) is 12.2 Å². The van der Waals surface area contributed by atoms with Crippen LogP contribution in [0.4, 0.5) is 0 Å². The minimum atomic E-state index is -1.57. The molecule has 0 atom stereocenters. The highest BCUT2D eigenvalue weighted by molar-refractivity contribution is 6.83. The average molecular weight is 637 g/mol. The zero-order valence-corrected chi connectivity index (χ0v) is 30.1. The molecule has 0 unspecified atom stereocenters. The van der Waals surface area contributed by atoms with Gasteiger partial charge < -0.3 is 4.74 Å². The molecule has 0 radical (unpaired) electrons. The number of ether oxygens (including phenoxy) is 1. The zero-order valence-electron chi connectivity index (χ0n) is 29.1. The number of hydrogen-bond donors (Lipinski definition) is 0. The molecular formula is C44H48O2Si. The maximum Gasteiger partial charge on any atom is 0.338 e. The van der Waals surface area contributed by atoms with Crippen molar-refractivity contribution in [1.82, 2.24) is 0 Å². The van der Waals surface area contributed by atoms with Gasteiger partial charge in [-0.25, -0.2) is 4.79 Å². The van der Waals surface area contributed by atoms with Gasteiger partial charge in [0.2, 0.25) is 0 Å². The highest BCUT2D eigenvalue weighted by atomic mass is 28.3. The molecule has 5 rings (SSSR count). The smallest absolute Gasteiger partial charge is 0.338 e. The molecular weight excluding hydrogens is 589 g/mol. The van der Waals surface area contributed by atoms with Crippen molar-refractivity contribution in [2.24, 2.45) is 0 Å². The summed E-state index contributed by atoms with van der Waals surface area (Å²) in [4.78, 5) is 12.8. The van der Waals surface area contributed by atoms with Gasteiger partial charge in [0.15, 0.2) is 0 Å². The zero-order chi connectivity index (χ0) is 33.4. The monoisotopic (exact) mass is 636 g/mol. The number of fused-ring (bicyclic) bond motifs is 5. The third-order valence-electron chi connectivity index (χ3n) is 8.76. The molecule has 0 spiro atoms. The van der Waals surface area contributed by atoms with Gasteiger partial charge in [-0.2, -0.15) is 0 Å². The molecule has 0 aromatic heterocycles. The molecule has 5 aromatic rings. The number of carbonyl (C=O) groups is 1. The lowest BCUT2D eigenvalue weighted by Crippen LogP contribution is -2.16. The lowest BCUT2D eigenvalue weighted by atomic mass is 9.88. The SMILES string of the molecule is CCCCCCCCCCOC(=O)c1cccc(C#Cc2cc3cc(C#C[Si](C)(C)C)c4cccc(C)c4c3c3c(C)cccc23)c1. The summed E-state index contributed by atoms with van der Waals surface area (Å²) in [5, 5.41) is 7.25. The second-order valence-corrected chi connectivity index (χ2v) is 18.6. The molecule has 0 aliphatic heterocycles. The van der Waals surface area contributed by atoms with Gasteiger partial charge in [-0.3, -0.25) is 0 Å². The predicted molar refractivity (Wildman–Crippen MR) is 204 cm³/mol. The van der Waals surface area contributed by atoms with Gasteiger partial charge >= 0.3 is 5.97 Å². The van der Waals surface area contributed by atoms with E-state index in [4.69, 9.17) is 4.74 Å². The Hall–Kier alpha value is -4.31. The minimum absolute atomic E-state index is 0.280. The second-order valence-electron chi connectivity index (χ2n) is 13.9. The lowest BCUT2D eigenvalue weighted by Gasteiger charge is -2.15. The Labute approximate surface area is 282 Å². The van der Waals surface area contributed by atoms with Crippen molar-refractivity contribution >= 4 is 46.4 Å². The van der Waals surface area contributed by atoms with E-state index in [2.05, 4.69) is 112 Å². The summed E-state index contributed by atoms with van der Waals surface area (Å²) in [6.07, 6.45) is 9.72. The van der Waals surface area contributed by atoms with Crippen LogP contribution >= 0.6 is 0 Å². The molecule has 5 aromatic carbocycles. The van der Waals surface area contributed by atoms with Crippen molar-refractivity contribution in [3.63, 3.8) is 0 Å². The number of esters is 1. The van der Waals surface area contributed by atoms with Crippen molar-refractivity contribution in [3.8, 4) is 23.3 Å². The summed E-state index contributed by atoms with van der Waals surface area (Å²) in [6.45, 7) is 13.9. The molecule has 0 bridgehead atoms. The van der Waals surface area contributed by atoms with E-state index in [1.54, 1.807) is 0 Å². The van der Waals surface area contributed by atoms with Crippen LogP contribution in [0.3, 0.4) is 0 Å². The van der Waals surface area contributed by atoms with E-state index in [9.17, 15) is 4.79 Å². The van der Waals surface area contributed by atoms with Crippen LogP contribution in [0.25, 0.3) is 32.3 Å². The molecule has 0 saturated heterocycles. The first-order valence-electron chi connectivity index (χ1n) is 17.4. The number of unbranched alkanes of at least 4 members (excludes halogenated alkanes) is 7. The van der Waals surface area contributed by atoms with Crippen molar-refractivity contribution in [1.29, 1.82) is 0 Å². The summed E-state index contributed by atoms with van der Waals surface area (Å²) in [6, 6.07) is 25.0. The Balaban J connectivity index is 1.46. The minimum Gasteiger partial charge on any atom is -0.462 e. The summed E-state index contributed by atoms with van der Waals surface area (Å²) >= 11 is 0. The third-order valence-corrected chi connectivity index (χ3v) is 9.63. The van der Waals surface area contributed by atoms with Crippen molar-refractivity contribution in [2.75, 3.05) is 6.61 Å². The quantitative estimate of drug-likeness (QED) is 0.0501. The largest absolute Gasteiger partial charge is 0.462 e. The molecule has 0 fully saturated rings.